The first-order valence-electron chi connectivity index (χ1n) is 5.10. The van der Waals surface area contributed by atoms with Crippen LogP contribution in [0.25, 0.3) is 0 Å². The van der Waals surface area contributed by atoms with Crippen molar-refractivity contribution in [3.05, 3.63) is 23.2 Å². The van der Waals surface area contributed by atoms with Gasteiger partial charge in [0.15, 0.2) is 0 Å². The minimum atomic E-state index is -0.746. The van der Waals surface area contributed by atoms with Crippen LogP contribution in [0.5, 0.6) is 0 Å². The standard InChI is InChI=1S/C11H17ClN2OS/c1-8(5-6-16(2)15)14-11-4-3-9(12)7-10(11)13/h3-4,7-8,14H,5-6,13H2,1-2H3. The monoisotopic (exact) mass is 260 g/mol. The van der Waals surface area contributed by atoms with E-state index in [0.717, 1.165) is 12.1 Å². The highest BCUT2D eigenvalue weighted by atomic mass is 35.5. The number of nitrogens with one attached hydrogen (secondary N) is 1. The number of nitrogen functional groups attached to an aromatic ring is 1. The minimum absolute atomic E-state index is 0.243. The summed E-state index contributed by atoms with van der Waals surface area (Å²) in [7, 11) is -0.746. The van der Waals surface area contributed by atoms with Gasteiger partial charge in [0.1, 0.15) is 0 Å². The molecule has 0 aliphatic heterocycles. The van der Waals surface area contributed by atoms with Gasteiger partial charge in [0, 0.05) is 33.9 Å². The van der Waals surface area contributed by atoms with Crippen LogP contribution in [0.15, 0.2) is 18.2 Å². The third-order valence-corrected chi connectivity index (χ3v) is 3.30. The Morgan fingerprint density at radius 1 is 1.56 bits per heavy atom. The number of rotatable bonds is 5. The van der Waals surface area contributed by atoms with Crippen LogP contribution in [0.1, 0.15) is 13.3 Å². The SMILES string of the molecule is CC(CCS(C)=O)Nc1ccc(Cl)cc1N. The molecule has 0 radical (unpaired) electrons. The first-order chi connectivity index (χ1) is 7.49. The molecule has 0 fully saturated rings. The molecule has 5 heteroatoms. The first kappa shape index (κ1) is 13.3. The number of anilines is 2. The Labute approximate surface area is 104 Å². The summed E-state index contributed by atoms with van der Waals surface area (Å²) in [5.41, 5.74) is 7.33. The summed E-state index contributed by atoms with van der Waals surface area (Å²) in [6, 6.07) is 5.61. The molecule has 3 N–H and O–H groups in total. The molecule has 0 aliphatic carbocycles. The fourth-order valence-corrected chi connectivity index (χ4v) is 2.21. The molecule has 0 saturated heterocycles. The second-order valence-corrected chi connectivity index (χ2v) is 5.83. The van der Waals surface area contributed by atoms with E-state index >= 15 is 0 Å². The number of hydrogen-bond donors (Lipinski definition) is 2. The van der Waals surface area contributed by atoms with Crippen molar-refractivity contribution in [2.24, 2.45) is 0 Å². The summed E-state index contributed by atoms with van der Waals surface area (Å²) in [6.45, 7) is 2.04. The van der Waals surface area contributed by atoms with E-state index < -0.39 is 10.8 Å². The van der Waals surface area contributed by atoms with Gasteiger partial charge in [0.2, 0.25) is 0 Å². The van der Waals surface area contributed by atoms with E-state index in [2.05, 4.69) is 5.32 Å². The molecule has 1 aromatic rings. The van der Waals surface area contributed by atoms with E-state index in [-0.39, 0.29) is 6.04 Å². The quantitative estimate of drug-likeness (QED) is 0.800. The maximum absolute atomic E-state index is 11.0. The lowest BCUT2D eigenvalue weighted by Crippen LogP contribution is -2.18. The molecule has 0 heterocycles. The molecule has 0 aromatic heterocycles. The highest BCUT2D eigenvalue weighted by molar-refractivity contribution is 7.84. The Hall–Kier alpha value is -0.740. The summed E-state index contributed by atoms with van der Waals surface area (Å²) in [5, 5.41) is 3.90. The Bertz CT molecular complexity index is 384. The van der Waals surface area contributed by atoms with Crippen molar-refractivity contribution in [1.29, 1.82) is 0 Å². The Morgan fingerprint density at radius 3 is 2.81 bits per heavy atom. The van der Waals surface area contributed by atoms with Crippen LogP contribution >= 0.6 is 11.6 Å². The molecule has 0 saturated carbocycles. The molecule has 0 aliphatic rings. The van der Waals surface area contributed by atoms with E-state index in [1.165, 1.54) is 0 Å². The third kappa shape index (κ3) is 4.41. The van der Waals surface area contributed by atoms with Crippen molar-refractivity contribution in [3.63, 3.8) is 0 Å². The molecule has 16 heavy (non-hydrogen) atoms. The van der Waals surface area contributed by atoms with Gasteiger partial charge in [-0.05, 0) is 31.5 Å². The molecule has 0 bridgehead atoms. The smallest absolute Gasteiger partial charge is 0.0577 e. The minimum Gasteiger partial charge on any atom is -0.397 e. The number of benzene rings is 1. The summed E-state index contributed by atoms with van der Waals surface area (Å²) in [4.78, 5) is 0. The summed E-state index contributed by atoms with van der Waals surface area (Å²) >= 11 is 5.81. The zero-order valence-electron chi connectivity index (χ0n) is 9.50. The molecule has 0 spiro atoms. The van der Waals surface area contributed by atoms with Crippen LogP contribution < -0.4 is 11.1 Å². The van der Waals surface area contributed by atoms with Gasteiger partial charge in [0.05, 0.1) is 11.4 Å². The van der Waals surface area contributed by atoms with Crippen LogP contribution in [0.4, 0.5) is 11.4 Å². The lowest BCUT2D eigenvalue weighted by molar-refractivity contribution is 0.678. The average Bonchev–Trinajstić information content (AvgIpc) is 2.19. The van der Waals surface area contributed by atoms with E-state index in [4.69, 9.17) is 17.3 Å². The maximum Gasteiger partial charge on any atom is 0.0577 e. The average molecular weight is 261 g/mol. The molecule has 1 aromatic carbocycles. The lowest BCUT2D eigenvalue weighted by Gasteiger charge is -2.16. The van der Waals surface area contributed by atoms with Crippen molar-refractivity contribution in [2.75, 3.05) is 23.1 Å². The first-order valence-corrected chi connectivity index (χ1v) is 7.21. The van der Waals surface area contributed by atoms with Crippen LogP contribution in [-0.2, 0) is 10.8 Å². The van der Waals surface area contributed by atoms with E-state index in [1.54, 1.807) is 18.4 Å². The Morgan fingerprint density at radius 2 is 2.25 bits per heavy atom. The van der Waals surface area contributed by atoms with Crippen LogP contribution in [0.3, 0.4) is 0 Å². The number of hydrogen-bond acceptors (Lipinski definition) is 3. The summed E-state index contributed by atoms with van der Waals surface area (Å²) in [5.74, 6) is 0.696. The largest absolute Gasteiger partial charge is 0.397 e. The van der Waals surface area contributed by atoms with Gasteiger partial charge >= 0.3 is 0 Å². The zero-order valence-corrected chi connectivity index (χ0v) is 11.1. The van der Waals surface area contributed by atoms with Gasteiger partial charge in [-0.2, -0.15) is 0 Å². The normalized spacial score (nSPS) is 14.4. The molecule has 2 unspecified atom stereocenters. The van der Waals surface area contributed by atoms with Gasteiger partial charge in [-0.3, -0.25) is 4.21 Å². The summed E-state index contributed by atoms with van der Waals surface area (Å²) < 4.78 is 11.0. The van der Waals surface area contributed by atoms with Crippen molar-refractivity contribution in [2.45, 2.75) is 19.4 Å². The molecular formula is C11H17ClN2OS. The van der Waals surface area contributed by atoms with Crippen molar-refractivity contribution < 1.29 is 4.21 Å². The molecule has 1 rings (SSSR count). The van der Waals surface area contributed by atoms with E-state index in [1.807, 2.05) is 13.0 Å². The zero-order chi connectivity index (χ0) is 12.1. The van der Waals surface area contributed by atoms with Crippen molar-refractivity contribution >= 4 is 33.8 Å². The maximum atomic E-state index is 11.0. The Balaban J connectivity index is 2.55. The fourth-order valence-electron chi connectivity index (χ4n) is 1.35. The summed E-state index contributed by atoms with van der Waals surface area (Å²) in [6.07, 6.45) is 2.56. The van der Waals surface area contributed by atoms with E-state index in [0.29, 0.717) is 16.5 Å². The van der Waals surface area contributed by atoms with E-state index in [9.17, 15) is 4.21 Å². The van der Waals surface area contributed by atoms with Crippen molar-refractivity contribution in [1.82, 2.24) is 0 Å². The molecule has 3 nitrogen and oxygen atoms in total. The predicted octanol–water partition coefficient (Wildman–Crippen LogP) is 2.49. The van der Waals surface area contributed by atoms with Crippen LogP contribution in [0.2, 0.25) is 5.02 Å². The number of halogens is 1. The van der Waals surface area contributed by atoms with Gasteiger partial charge in [-0.15, -0.1) is 0 Å². The Kier molecular flexibility index (Phi) is 5.09. The van der Waals surface area contributed by atoms with Gasteiger partial charge in [0.25, 0.3) is 0 Å². The fraction of sp³-hybridized carbons (Fsp3) is 0.455. The highest BCUT2D eigenvalue weighted by Gasteiger charge is 2.05. The predicted molar refractivity (Wildman–Crippen MR) is 72.5 cm³/mol. The van der Waals surface area contributed by atoms with Gasteiger partial charge < -0.3 is 11.1 Å². The van der Waals surface area contributed by atoms with Gasteiger partial charge in [-0.1, -0.05) is 11.6 Å². The second kappa shape index (κ2) is 6.11. The molecule has 0 amide bonds. The molecular weight excluding hydrogens is 244 g/mol. The third-order valence-electron chi connectivity index (χ3n) is 2.25. The van der Waals surface area contributed by atoms with Crippen molar-refractivity contribution in [3.8, 4) is 0 Å². The van der Waals surface area contributed by atoms with Gasteiger partial charge in [-0.25, -0.2) is 0 Å². The van der Waals surface area contributed by atoms with Crippen LogP contribution in [0, 0.1) is 0 Å². The highest BCUT2D eigenvalue weighted by Crippen LogP contribution is 2.23. The topological polar surface area (TPSA) is 55.1 Å². The lowest BCUT2D eigenvalue weighted by atomic mass is 10.2. The second-order valence-electron chi connectivity index (χ2n) is 3.84. The molecule has 2 atom stereocenters. The van der Waals surface area contributed by atoms with Crippen LogP contribution in [-0.4, -0.2) is 22.3 Å². The number of nitrogens with two attached hydrogens (primary N) is 1. The molecule has 90 valence electrons.